The van der Waals surface area contributed by atoms with Gasteiger partial charge in [-0.2, -0.15) is 5.10 Å². The molecule has 106 valence electrons. The average Bonchev–Trinajstić information content (AvgIpc) is 2.90. The largest absolute Gasteiger partial charge is 0.482 e. The van der Waals surface area contributed by atoms with Crippen LogP contribution in [0.3, 0.4) is 0 Å². The summed E-state index contributed by atoms with van der Waals surface area (Å²) in [6.45, 7) is 1.99. The van der Waals surface area contributed by atoms with Crippen LogP contribution < -0.4 is 10.1 Å². The molecule has 6 heteroatoms. The van der Waals surface area contributed by atoms with E-state index in [1.165, 1.54) is 0 Å². The molecule has 0 saturated carbocycles. The first-order chi connectivity index (χ1) is 9.70. The summed E-state index contributed by atoms with van der Waals surface area (Å²) in [5, 5.41) is 7.05. The number of aryl methyl sites for hydroxylation is 1. The minimum atomic E-state index is -0.165. The molecule has 2 rings (SSSR count). The molecule has 0 radical (unpaired) electrons. The molecule has 20 heavy (non-hydrogen) atoms. The fourth-order valence-corrected chi connectivity index (χ4v) is 1.93. The minimum absolute atomic E-state index is 0.0277. The van der Waals surface area contributed by atoms with E-state index in [0.29, 0.717) is 5.75 Å². The molecule has 2 aromatic heterocycles. The third kappa shape index (κ3) is 3.57. The van der Waals surface area contributed by atoms with E-state index >= 15 is 0 Å². The quantitative estimate of drug-likeness (QED) is 0.866. The maximum Gasteiger partial charge on any atom is 0.258 e. The van der Waals surface area contributed by atoms with Crippen LogP contribution in [0, 0.1) is 0 Å². The molecule has 2 heterocycles. The number of carbonyl (C=O) groups excluding carboxylic acids is 1. The Balaban J connectivity index is 1.88. The van der Waals surface area contributed by atoms with Gasteiger partial charge in [-0.15, -0.1) is 0 Å². The smallest absolute Gasteiger partial charge is 0.258 e. The van der Waals surface area contributed by atoms with Gasteiger partial charge in [0.05, 0.1) is 17.9 Å². The highest BCUT2D eigenvalue weighted by molar-refractivity contribution is 5.77. The van der Waals surface area contributed by atoms with Crippen LogP contribution in [-0.2, 0) is 11.8 Å². The number of aromatic nitrogens is 3. The summed E-state index contributed by atoms with van der Waals surface area (Å²) < 4.78 is 7.12. The summed E-state index contributed by atoms with van der Waals surface area (Å²) in [5.74, 6) is 0.415. The van der Waals surface area contributed by atoms with Gasteiger partial charge in [0, 0.05) is 19.4 Å². The molecule has 0 aromatic carbocycles. The van der Waals surface area contributed by atoms with Crippen molar-refractivity contribution in [2.24, 2.45) is 7.05 Å². The van der Waals surface area contributed by atoms with Crippen molar-refractivity contribution in [1.29, 1.82) is 0 Å². The van der Waals surface area contributed by atoms with Crippen molar-refractivity contribution < 1.29 is 9.53 Å². The second kappa shape index (κ2) is 6.70. The number of nitrogens with zero attached hydrogens (tertiary/aromatic N) is 3. The molecule has 1 unspecified atom stereocenters. The normalized spacial score (nSPS) is 11.9. The SMILES string of the molecule is CCC(NC(=O)COc1cccnc1)c1ccnn1C. The van der Waals surface area contributed by atoms with Crippen molar-refractivity contribution in [2.45, 2.75) is 19.4 Å². The maximum atomic E-state index is 11.9. The zero-order valence-corrected chi connectivity index (χ0v) is 11.6. The molecule has 1 N–H and O–H groups in total. The van der Waals surface area contributed by atoms with Crippen LogP contribution in [0.15, 0.2) is 36.8 Å². The Hall–Kier alpha value is -2.37. The van der Waals surface area contributed by atoms with Gasteiger partial charge in [-0.25, -0.2) is 0 Å². The Bertz CT molecular complexity index is 553. The summed E-state index contributed by atoms with van der Waals surface area (Å²) >= 11 is 0. The second-order valence-corrected chi connectivity index (χ2v) is 4.39. The predicted octanol–water partition coefficient (Wildman–Crippen LogP) is 1.46. The van der Waals surface area contributed by atoms with Crippen LogP contribution >= 0.6 is 0 Å². The third-order valence-electron chi connectivity index (χ3n) is 2.96. The molecule has 0 fully saturated rings. The number of ether oxygens (including phenoxy) is 1. The summed E-state index contributed by atoms with van der Waals surface area (Å²) in [7, 11) is 1.86. The fraction of sp³-hybridized carbons (Fsp3) is 0.357. The molecule has 1 atom stereocenters. The summed E-state index contributed by atoms with van der Waals surface area (Å²) in [5.41, 5.74) is 0.974. The van der Waals surface area contributed by atoms with Gasteiger partial charge in [-0.3, -0.25) is 14.5 Å². The van der Waals surface area contributed by atoms with Crippen molar-refractivity contribution >= 4 is 5.91 Å². The topological polar surface area (TPSA) is 69.0 Å². The molecule has 0 saturated heterocycles. The van der Waals surface area contributed by atoms with Gasteiger partial charge < -0.3 is 10.1 Å². The van der Waals surface area contributed by atoms with E-state index in [4.69, 9.17) is 4.74 Å². The lowest BCUT2D eigenvalue weighted by atomic mass is 10.1. The van der Waals surface area contributed by atoms with E-state index < -0.39 is 0 Å². The predicted molar refractivity (Wildman–Crippen MR) is 74.1 cm³/mol. The van der Waals surface area contributed by atoms with Gasteiger partial charge in [-0.05, 0) is 24.6 Å². The van der Waals surface area contributed by atoms with E-state index in [0.717, 1.165) is 12.1 Å². The highest BCUT2D eigenvalue weighted by atomic mass is 16.5. The van der Waals surface area contributed by atoms with Crippen LogP contribution in [0.5, 0.6) is 5.75 Å². The van der Waals surface area contributed by atoms with Crippen molar-refractivity contribution in [2.75, 3.05) is 6.61 Å². The Morgan fingerprint density at radius 1 is 1.45 bits per heavy atom. The number of hydrogen-bond donors (Lipinski definition) is 1. The van der Waals surface area contributed by atoms with Crippen molar-refractivity contribution in [3.8, 4) is 5.75 Å². The standard InChI is InChI=1S/C14H18N4O2/c1-3-12(13-6-8-16-18(13)2)17-14(19)10-20-11-5-4-7-15-9-11/h4-9,12H,3,10H2,1-2H3,(H,17,19). The number of hydrogen-bond acceptors (Lipinski definition) is 4. The second-order valence-electron chi connectivity index (χ2n) is 4.39. The lowest BCUT2D eigenvalue weighted by molar-refractivity contribution is -0.123. The molecule has 0 aliphatic carbocycles. The fourth-order valence-electron chi connectivity index (χ4n) is 1.93. The van der Waals surface area contributed by atoms with Gasteiger partial charge in [0.2, 0.25) is 0 Å². The third-order valence-corrected chi connectivity index (χ3v) is 2.96. The van der Waals surface area contributed by atoms with Crippen molar-refractivity contribution in [1.82, 2.24) is 20.1 Å². The van der Waals surface area contributed by atoms with Crippen LogP contribution in [0.2, 0.25) is 0 Å². The van der Waals surface area contributed by atoms with Crippen molar-refractivity contribution in [3.05, 3.63) is 42.5 Å². The Kier molecular flexibility index (Phi) is 4.70. The highest BCUT2D eigenvalue weighted by Crippen LogP contribution is 2.15. The molecular formula is C14H18N4O2. The lowest BCUT2D eigenvalue weighted by Gasteiger charge is -2.17. The molecule has 2 aromatic rings. The number of nitrogens with one attached hydrogen (secondary N) is 1. The van der Waals surface area contributed by atoms with Crippen molar-refractivity contribution in [3.63, 3.8) is 0 Å². The highest BCUT2D eigenvalue weighted by Gasteiger charge is 2.15. The zero-order chi connectivity index (χ0) is 14.4. The van der Waals surface area contributed by atoms with E-state index in [1.54, 1.807) is 35.4 Å². The molecule has 1 amide bonds. The number of amides is 1. The molecule has 0 aliphatic heterocycles. The summed E-state index contributed by atoms with van der Waals surface area (Å²) in [4.78, 5) is 15.8. The van der Waals surface area contributed by atoms with Gasteiger partial charge in [0.1, 0.15) is 5.75 Å². The van der Waals surface area contributed by atoms with Crippen LogP contribution in [0.4, 0.5) is 0 Å². The monoisotopic (exact) mass is 274 g/mol. The Morgan fingerprint density at radius 3 is 2.90 bits per heavy atom. The Morgan fingerprint density at radius 2 is 2.30 bits per heavy atom. The minimum Gasteiger partial charge on any atom is -0.482 e. The van der Waals surface area contributed by atoms with E-state index in [9.17, 15) is 4.79 Å². The lowest BCUT2D eigenvalue weighted by Crippen LogP contribution is -2.33. The molecule has 0 aliphatic rings. The number of carbonyl (C=O) groups is 1. The summed E-state index contributed by atoms with van der Waals surface area (Å²) in [6.07, 6.45) is 5.74. The average molecular weight is 274 g/mol. The first-order valence-corrected chi connectivity index (χ1v) is 6.50. The number of pyridine rings is 1. The van der Waals surface area contributed by atoms with E-state index in [-0.39, 0.29) is 18.6 Å². The maximum absolute atomic E-state index is 11.9. The van der Waals surface area contributed by atoms with Gasteiger partial charge in [0.25, 0.3) is 5.91 Å². The summed E-state index contributed by atoms with van der Waals surface area (Å²) in [6, 6.07) is 5.36. The molecular weight excluding hydrogens is 256 g/mol. The van der Waals surface area contributed by atoms with Gasteiger partial charge in [-0.1, -0.05) is 6.92 Å². The molecule has 0 bridgehead atoms. The zero-order valence-electron chi connectivity index (χ0n) is 11.6. The van der Waals surface area contributed by atoms with E-state index in [2.05, 4.69) is 15.4 Å². The van der Waals surface area contributed by atoms with Gasteiger partial charge >= 0.3 is 0 Å². The van der Waals surface area contributed by atoms with Gasteiger partial charge in [0.15, 0.2) is 6.61 Å². The molecule has 6 nitrogen and oxygen atoms in total. The van der Waals surface area contributed by atoms with E-state index in [1.807, 2.05) is 20.0 Å². The van der Waals surface area contributed by atoms with Crippen LogP contribution in [0.1, 0.15) is 25.1 Å². The Labute approximate surface area is 117 Å². The first kappa shape index (κ1) is 14.0. The first-order valence-electron chi connectivity index (χ1n) is 6.50. The van der Waals surface area contributed by atoms with Crippen LogP contribution in [0.25, 0.3) is 0 Å². The van der Waals surface area contributed by atoms with Crippen LogP contribution in [-0.4, -0.2) is 27.3 Å². The molecule has 0 spiro atoms. The number of rotatable bonds is 6.